The summed E-state index contributed by atoms with van der Waals surface area (Å²) in [4.78, 5) is 25.1. The Hall–Kier alpha value is -2.04. The Labute approximate surface area is 143 Å². The van der Waals surface area contributed by atoms with Gasteiger partial charge in [0.1, 0.15) is 11.8 Å². The molecule has 1 amide bonds. The van der Waals surface area contributed by atoms with Crippen LogP contribution in [0.3, 0.4) is 0 Å². The van der Waals surface area contributed by atoms with Crippen LogP contribution >= 0.6 is 0 Å². The lowest BCUT2D eigenvalue weighted by molar-refractivity contribution is -0.152. The number of rotatable bonds is 8. The number of amides is 1. The number of aryl methyl sites for hydroxylation is 1. The molecule has 1 N–H and O–H groups in total. The van der Waals surface area contributed by atoms with Gasteiger partial charge in [-0.15, -0.1) is 0 Å². The number of ether oxygens (including phenoxy) is 1. The van der Waals surface area contributed by atoms with Crippen LogP contribution in [0.4, 0.5) is 0 Å². The van der Waals surface area contributed by atoms with Gasteiger partial charge >= 0.3 is 5.97 Å². The number of hydrogen-bond donors (Lipinski definition) is 1. The molecule has 1 atom stereocenters. The lowest BCUT2D eigenvalue weighted by Gasteiger charge is -2.33. The summed E-state index contributed by atoms with van der Waals surface area (Å²) in [5, 5.41) is 9.23. The molecule has 0 bridgehead atoms. The second kappa shape index (κ2) is 9.30. The third-order valence-electron chi connectivity index (χ3n) is 4.62. The van der Waals surface area contributed by atoms with Crippen molar-refractivity contribution in [1.82, 2.24) is 4.90 Å². The van der Waals surface area contributed by atoms with Crippen LogP contribution in [0.1, 0.15) is 50.5 Å². The predicted molar refractivity (Wildman–Crippen MR) is 92.2 cm³/mol. The summed E-state index contributed by atoms with van der Waals surface area (Å²) in [5.74, 6) is -0.0204. The van der Waals surface area contributed by atoms with Crippen molar-refractivity contribution in [3.8, 4) is 5.75 Å². The fourth-order valence-electron chi connectivity index (χ4n) is 3.20. The molecule has 0 spiro atoms. The largest absolute Gasteiger partial charge is 0.497 e. The van der Waals surface area contributed by atoms with Crippen molar-refractivity contribution in [1.29, 1.82) is 0 Å². The Bertz CT molecular complexity index is 541. The molecule has 2 rings (SSSR count). The number of carbonyl (C=O) groups excluding carboxylic acids is 1. The van der Waals surface area contributed by atoms with Crippen molar-refractivity contribution in [2.75, 3.05) is 13.7 Å². The first-order chi connectivity index (χ1) is 11.6. The average molecular weight is 333 g/mol. The first-order valence-corrected chi connectivity index (χ1v) is 8.77. The van der Waals surface area contributed by atoms with E-state index in [1.54, 1.807) is 12.0 Å². The van der Waals surface area contributed by atoms with E-state index in [4.69, 9.17) is 4.74 Å². The van der Waals surface area contributed by atoms with Gasteiger partial charge in [-0.25, -0.2) is 4.79 Å². The zero-order valence-corrected chi connectivity index (χ0v) is 14.4. The number of carboxylic acid groups (broad SMARTS) is 1. The quantitative estimate of drug-likeness (QED) is 0.742. The molecule has 1 aliphatic heterocycles. The van der Waals surface area contributed by atoms with Crippen LogP contribution in [-0.2, 0) is 16.0 Å². The van der Waals surface area contributed by atoms with Gasteiger partial charge in [0, 0.05) is 13.0 Å². The number of likely N-dealkylation sites (tertiary alicyclic amines) is 1. The molecular formula is C19H27NO4. The highest BCUT2D eigenvalue weighted by Crippen LogP contribution is 2.19. The van der Waals surface area contributed by atoms with Gasteiger partial charge in [0.25, 0.3) is 0 Å². The zero-order valence-electron chi connectivity index (χ0n) is 14.4. The predicted octanol–water partition coefficient (Wildman–Crippen LogP) is 3.26. The fourth-order valence-corrected chi connectivity index (χ4v) is 3.20. The first kappa shape index (κ1) is 18.3. The summed E-state index contributed by atoms with van der Waals surface area (Å²) >= 11 is 0. The maximum atomic E-state index is 12.3. The molecule has 0 radical (unpaired) electrons. The van der Waals surface area contributed by atoms with Gasteiger partial charge in [-0.3, -0.25) is 4.79 Å². The third-order valence-corrected chi connectivity index (χ3v) is 4.62. The van der Waals surface area contributed by atoms with E-state index in [0.29, 0.717) is 19.4 Å². The molecule has 132 valence electrons. The minimum atomic E-state index is -0.873. The summed E-state index contributed by atoms with van der Waals surface area (Å²) in [7, 11) is 1.66. The van der Waals surface area contributed by atoms with Crippen LogP contribution in [0.5, 0.6) is 5.75 Å². The number of nitrogens with zero attached hydrogens (tertiary/aromatic N) is 1. The Morgan fingerprint density at radius 3 is 2.58 bits per heavy atom. The van der Waals surface area contributed by atoms with Crippen molar-refractivity contribution in [3.05, 3.63) is 29.8 Å². The Morgan fingerprint density at radius 1 is 1.17 bits per heavy atom. The monoisotopic (exact) mass is 333 g/mol. The van der Waals surface area contributed by atoms with Crippen LogP contribution < -0.4 is 4.74 Å². The zero-order chi connectivity index (χ0) is 17.4. The first-order valence-electron chi connectivity index (χ1n) is 8.77. The highest BCUT2D eigenvalue weighted by atomic mass is 16.5. The molecular weight excluding hydrogens is 306 g/mol. The number of benzene rings is 1. The molecule has 1 aromatic carbocycles. The molecule has 1 fully saturated rings. The normalized spacial score (nSPS) is 17.5. The fraction of sp³-hybridized carbons (Fsp3) is 0.579. The summed E-state index contributed by atoms with van der Waals surface area (Å²) < 4.78 is 5.14. The van der Waals surface area contributed by atoms with Crippen molar-refractivity contribution in [2.45, 2.75) is 57.4 Å². The Balaban J connectivity index is 1.67. The molecule has 0 saturated carbocycles. The number of methoxy groups -OCH3 is 1. The topological polar surface area (TPSA) is 66.8 Å². The molecule has 1 aliphatic rings. The minimum absolute atomic E-state index is 0.00783. The van der Waals surface area contributed by atoms with Crippen LogP contribution in [0.25, 0.3) is 0 Å². The van der Waals surface area contributed by atoms with E-state index < -0.39 is 12.0 Å². The van der Waals surface area contributed by atoms with E-state index in [1.807, 2.05) is 12.1 Å². The standard InChI is InChI=1S/C19H27NO4/c1-24-16-12-10-15(11-13-16)7-3-2-4-9-18(21)20-14-6-5-8-17(20)19(22)23/h10-13,17H,2-9,14H2,1H3,(H,22,23)/t17-/m1/s1. The van der Waals surface area contributed by atoms with Crippen LogP contribution in [-0.4, -0.2) is 41.6 Å². The molecule has 1 aromatic rings. The van der Waals surface area contributed by atoms with E-state index in [-0.39, 0.29) is 5.91 Å². The van der Waals surface area contributed by atoms with Gasteiger partial charge in [-0.1, -0.05) is 18.6 Å². The number of unbranched alkanes of at least 4 members (excludes halogenated alkanes) is 2. The van der Waals surface area contributed by atoms with Gasteiger partial charge in [-0.05, 0) is 56.2 Å². The third kappa shape index (κ3) is 5.25. The second-order valence-electron chi connectivity index (χ2n) is 6.35. The molecule has 24 heavy (non-hydrogen) atoms. The van der Waals surface area contributed by atoms with E-state index in [9.17, 15) is 14.7 Å². The number of carboxylic acids is 1. The van der Waals surface area contributed by atoms with Gasteiger partial charge in [-0.2, -0.15) is 0 Å². The SMILES string of the molecule is COc1ccc(CCCCCC(=O)N2CCCC[C@@H]2C(=O)O)cc1. The van der Waals surface area contributed by atoms with E-state index in [0.717, 1.165) is 44.3 Å². The molecule has 5 heteroatoms. The van der Waals surface area contributed by atoms with Crippen molar-refractivity contribution >= 4 is 11.9 Å². The summed E-state index contributed by atoms with van der Waals surface area (Å²) in [5.41, 5.74) is 1.27. The molecule has 5 nitrogen and oxygen atoms in total. The maximum Gasteiger partial charge on any atom is 0.326 e. The Morgan fingerprint density at radius 2 is 1.92 bits per heavy atom. The summed E-state index contributed by atoms with van der Waals surface area (Å²) in [6.45, 7) is 0.585. The van der Waals surface area contributed by atoms with E-state index >= 15 is 0 Å². The van der Waals surface area contributed by atoms with E-state index in [1.165, 1.54) is 5.56 Å². The lowest BCUT2D eigenvalue weighted by Crippen LogP contribution is -2.47. The van der Waals surface area contributed by atoms with Crippen LogP contribution in [0.15, 0.2) is 24.3 Å². The Kier molecular flexibility index (Phi) is 7.09. The van der Waals surface area contributed by atoms with Gasteiger partial charge in [0.2, 0.25) is 5.91 Å². The van der Waals surface area contributed by atoms with Gasteiger partial charge in [0.15, 0.2) is 0 Å². The molecule has 1 heterocycles. The van der Waals surface area contributed by atoms with E-state index in [2.05, 4.69) is 12.1 Å². The molecule has 1 saturated heterocycles. The number of aliphatic carboxylic acids is 1. The van der Waals surface area contributed by atoms with Crippen molar-refractivity contribution in [3.63, 3.8) is 0 Å². The number of carbonyl (C=O) groups is 2. The smallest absolute Gasteiger partial charge is 0.326 e. The molecule has 0 unspecified atom stereocenters. The van der Waals surface area contributed by atoms with Gasteiger partial charge < -0.3 is 14.7 Å². The van der Waals surface area contributed by atoms with Gasteiger partial charge in [0.05, 0.1) is 7.11 Å². The van der Waals surface area contributed by atoms with Crippen LogP contribution in [0, 0.1) is 0 Å². The van der Waals surface area contributed by atoms with Crippen molar-refractivity contribution < 1.29 is 19.4 Å². The van der Waals surface area contributed by atoms with Crippen LogP contribution in [0.2, 0.25) is 0 Å². The number of piperidine rings is 1. The minimum Gasteiger partial charge on any atom is -0.497 e. The highest BCUT2D eigenvalue weighted by molar-refractivity contribution is 5.83. The van der Waals surface area contributed by atoms with Crippen molar-refractivity contribution in [2.24, 2.45) is 0 Å². The molecule has 0 aromatic heterocycles. The lowest BCUT2D eigenvalue weighted by atomic mass is 10.0. The maximum absolute atomic E-state index is 12.3. The average Bonchev–Trinajstić information content (AvgIpc) is 2.61. The summed E-state index contributed by atoms with van der Waals surface area (Å²) in [6.07, 6.45) is 6.64. The highest BCUT2D eigenvalue weighted by Gasteiger charge is 2.31. The summed E-state index contributed by atoms with van der Waals surface area (Å²) in [6, 6.07) is 7.43. The number of hydrogen-bond acceptors (Lipinski definition) is 3. The molecule has 0 aliphatic carbocycles. The second-order valence-corrected chi connectivity index (χ2v) is 6.35.